The van der Waals surface area contributed by atoms with Crippen LogP contribution in [-0.4, -0.2) is 35.5 Å². The molecule has 0 radical (unpaired) electrons. The maximum Gasteiger partial charge on any atom is 0.266 e. The van der Waals surface area contributed by atoms with Gasteiger partial charge < -0.3 is 14.2 Å². The summed E-state index contributed by atoms with van der Waals surface area (Å²) < 4.78 is 17.2. The van der Waals surface area contributed by atoms with E-state index >= 15 is 0 Å². The lowest BCUT2D eigenvalue weighted by Gasteiger charge is -2.14. The minimum Gasteiger partial charge on any atom is -0.497 e. The van der Waals surface area contributed by atoms with Crippen molar-refractivity contribution in [1.82, 2.24) is 4.90 Å². The van der Waals surface area contributed by atoms with Crippen LogP contribution in [0.3, 0.4) is 0 Å². The quantitative estimate of drug-likeness (QED) is 0.229. The zero-order chi connectivity index (χ0) is 23.0. The molecule has 0 aromatic heterocycles. The second-order valence-corrected chi connectivity index (χ2v) is 8.87. The van der Waals surface area contributed by atoms with E-state index in [2.05, 4.69) is 0 Å². The SMILES string of the molecule is COc1ccc(OCCOc2cccc(/C=C3\SC(=S)N(Cc4ccccc4)C3=O)c2)cc1. The van der Waals surface area contributed by atoms with Crippen LogP contribution in [-0.2, 0) is 11.3 Å². The smallest absolute Gasteiger partial charge is 0.266 e. The lowest BCUT2D eigenvalue weighted by Crippen LogP contribution is -2.27. The highest BCUT2D eigenvalue weighted by Gasteiger charge is 2.31. The van der Waals surface area contributed by atoms with Crippen LogP contribution in [0.15, 0.2) is 83.8 Å². The van der Waals surface area contributed by atoms with Gasteiger partial charge in [-0.2, -0.15) is 0 Å². The Morgan fingerprint density at radius 3 is 2.30 bits per heavy atom. The number of thioether (sulfide) groups is 1. The Morgan fingerprint density at radius 2 is 1.58 bits per heavy atom. The Balaban J connectivity index is 1.33. The minimum absolute atomic E-state index is 0.0759. The molecule has 5 nitrogen and oxygen atoms in total. The van der Waals surface area contributed by atoms with Gasteiger partial charge in [0, 0.05) is 0 Å². The Labute approximate surface area is 203 Å². The average Bonchev–Trinajstić information content (AvgIpc) is 3.10. The van der Waals surface area contributed by atoms with Crippen molar-refractivity contribution in [1.29, 1.82) is 0 Å². The van der Waals surface area contributed by atoms with Crippen molar-refractivity contribution < 1.29 is 19.0 Å². The molecule has 0 spiro atoms. The number of rotatable bonds is 9. The van der Waals surface area contributed by atoms with Crippen LogP contribution in [0.4, 0.5) is 0 Å². The number of carbonyl (C=O) groups excluding carboxylic acids is 1. The maximum atomic E-state index is 12.9. The molecular formula is C26H23NO4S2. The molecule has 0 atom stereocenters. The number of nitrogens with zero attached hydrogens (tertiary/aromatic N) is 1. The number of thiocarbonyl (C=S) groups is 1. The standard InChI is InChI=1S/C26H23NO4S2/c1-29-21-10-12-22(13-11-21)30-14-15-31-23-9-5-8-20(16-23)17-24-25(28)27(26(32)33-24)18-19-6-3-2-4-7-19/h2-13,16-17H,14-15,18H2,1H3/b24-17-. The van der Waals surface area contributed by atoms with Gasteiger partial charge in [0.15, 0.2) is 0 Å². The molecular weight excluding hydrogens is 454 g/mol. The number of methoxy groups -OCH3 is 1. The molecule has 0 bridgehead atoms. The first kappa shape index (κ1) is 22.9. The van der Waals surface area contributed by atoms with Crippen molar-refractivity contribution in [3.8, 4) is 17.2 Å². The number of amides is 1. The van der Waals surface area contributed by atoms with Crippen LogP contribution in [0.25, 0.3) is 6.08 Å². The summed E-state index contributed by atoms with van der Waals surface area (Å²) in [5.74, 6) is 2.17. The summed E-state index contributed by atoms with van der Waals surface area (Å²) in [5.41, 5.74) is 1.92. The molecule has 7 heteroatoms. The monoisotopic (exact) mass is 477 g/mol. The molecule has 4 rings (SSSR count). The summed E-state index contributed by atoms with van der Waals surface area (Å²) in [4.78, 5) is 15.1. The predicted molar refractivity (Wildman–Crippen MR) is 136 cm³/mol. The summed E-state index contributed by atoms with van der Waals surface area (Å²) in [6.45, 7) is 1.28. The number of benzene rings is 3. The molecule has 1 fully saturated rings. The van der Waals surface area contributed by atoms with Gasteiger partial charge in [0.25, 0.3) is 5.91 Å². The molecule has 1 aliphatic rings. The fraction of sp³-hybridized carbons (Fsp3) is 0.154. The Hall–Kier alpha value is -3.29. The molecule has 0 saturated carbocycles. The summed E-state index contributed by atoms with van der Waals surface area (Å²) >= 11 is 6.76. The van der Waals surface area contributed by atoms with E-state index in [0.717, 1.165) is 22.6 Å². The van der Waals surface area contributed by atoms with Crippen LogP contribution in [0.1, 0.15) is 11.1 Å². The van der Waals surface area contributed by atoms with Crippen molar-refractivity contribution in [3.63, 3.8) is 0 Å². The van der Waals surface area contributed by atoms with E-state index in [1.165, 1.54) is 11.8 Å². The third-order valence-corrected chi connectivity index (χ3v) is 6.27. The van der Waals surface area contributed by atoms with E-state index in [1.807, 2.05) is 84.9 Å². The molecule has 33 heavy (non-hydrogen) atoms. The minimum atomic E-state index is -0.0759. The summed E-state index contributed by atoms with van der Waals surface area (Å²) in [5, 5.41) is 0. The first-order valence-corrected chi connectivity index (χ1v) is 11.6. The Morgan fingerprint density at radius 1 is 0.879 bits per heavy atom. The van der Waals surface area contributed by atoms with Crippen LogP contribution < -0.4 is 14.2 Å². The maximum absolute atomic E-state index is 12.9. The van der Waals surface area contributed by atoms with Crippen LogP contribution in [0.2, 0.25) is 0 Å². The van der Waals surface area contributed by atoms with Crippen molar-refractivity contribution in [2.45, 2.75) is 6.54 Å². The van der Waals surface area contributed by atoms with Crippen LogP contribution in [0.5, 0.6) is 17.2 Å². The molecule has 0 unspecified atom stereocenters. The van der Waals surface area contributed by atoms with Crippen molar-refractivity contribution in [3.05, 3.63) is 94.9 Å². The molecule has 0 aliphatic carbocycles. The van der Waals surface area contributed by atoms with Gasteiger partial charge in [0.1, 0.15) is 34.8 Å². The first-order chi connectivity index (χ1) is 16.1. The third-order valence-electron chi connectivity index (χ3n) is 4.89. The first-order valence-electron chi connectivity index (χ1n) is 10.4. The molecule has 168 valence electrons. The van der Waals surface area contributed by atoms with Crippen LogP contribution in [0, 0.1) is 0 Å². The highest BCUT2D eigenvalue weighted by Crippen LogP contribution is 2.34. The van der Waals surface area contributed by atoms with E-state index in [0.29, 0.717) is 34.7 Å². The van der Waals surface area contributed by atoms with E-state index in [-0.39, 0.29) is 5.91 Å². The van der Waals surface area contributed by atoms with Gasteiger partial charge in [0.05, 0.1) is 18.6 Å². The fourth-order valence-corrected chi connectivity index (χ4v) is 4.49. The van der Waals surface area contributed by atoms with Gasteiger partial charge >= 0.3 is 0 Å². The normalized spacial score (nSPS) is 14.6. The lowest BCUT2D eigenvalue weighted by atomic mass is 10.2. The third kappa shape index (κ3) is 6.15. The van der Waals surface area contributed by atoms with Crippen molar-refractivity contribution in [2.75, 3.05) is 20.3 Å². The molecule has 1 heterocycles. The summed E-state index contributed by atoms with van der Waals surface area (Å²) in [6.07, 6.45) is 1.85. The average molecular weight is 478 g/mol. The predicted octanol–water partition coefficient (Wildman–Crippen LogP) is 5.55. The topological polar surface area (TPSA) is 48.0 Å². The van der Waals surface area contributed by atoms with Gasteiger partial charge in [-0.15, -0.1) is 0 Å². The van der Waals surface area contributed by atoms with Crippen molar-refractivity contribution in [2.24, 2.45) is 0 Å². The summed E-state index contributed by atoms with van der Waals surface area (Å²) in [6, 6.07) is 24.9. The van der Waals surface area contributed by atoms with Gasteiger partial charge in [-0.05, 0) is 53.6 Å². The van der Waals surface area contributed by atoms with Crippen molar-refractivity contribution >= 4 is 40.3 Å². The Bertz CT molecular complexity index is 1150. The number of carbonyl (C=O) groups is 1. The zero-order valence-electron chi connectivity index (χ0n) is 18.1. The number of ether oxygens (including phenoxy) is 3. The van der Waals surface area contributed by atoms with E-state index in [1.54, 1.807) is 12.0 Å². The van der Waals surface area contributed by atoms with Gasteiger partial charge in [0.2, 0.25) is 0 Å². The molecule has 1 amide bonds. The van der Waals surface area contributed by atoms with E-state index in [9.17, 15) is 4.79 Å². The van der Waals surface area contributed by atoms with Gasteiger partial charge in [-0.1, -0.05) is 66.4 Å². The Kier molecular flexibility index (Phi) is 7.65. The lowest BCUT2D eigenvalue weighted by molar-refractivity contribution is -0.122. The number of hydrogen-bond acceptors (Lipinski definition) is 6. The summed E-state index contributed by atoms with van der Waals surface area (Å²) in [7, 11) is 1.63. The number of hydrogen-bond donors (Lipinski definition) is 0. The molecule has 0 N–H and O–H groups in total. The van der Waals surface area contributed by atoms with E-state index < -0.39 is 0 Å². The van der Waals surface area contributed by atoms with Crippen LogP contribution >= 0.6 is 24.0 Å². The molecule has 3 aromatic rings. The highest BCUT2D eigenvalue weighted by molar-refractivity contribution is 8.26. The molecule has 1 saturated heterocycles. The second-order valence-electron chi connectivity index (χ2n) is 7.20. The molecule has 1 aliphatic heterocycles. The molecule has 3 aromatic carbocycles. The van der Waals surface area contributed by atoms with E-state index in [4.69, 9.17) is 26.4 Å². The second kappa shape index (κ2) is 11.0. The largest absolute Gasteiger partial charge is 0.497 e. The fourth-order valence-electron chi connectivity index (χ4n) is 3.24. The van der Waals surface area contributed by atoms with Gasteiger partial charge in [-0.3, -0.25) is 9.69 Å². The highest BCUT2D eigenvalue weighted by atomic mass is 32.2. The zero-order valence-corrected chi connectivity index (χ0v) is 19.7. The van der Waals surface area contributed by atoms with Gasteiger partial charge in [-0.25, -0.2) is 0 Å².